The molecule has 0 N–H and O–H groups in total. The van der Waals surface area contributed by atoms with Crippen LogP contribution in [-0.4, -0.2) is 14.8 Å². The summed E-state index contributed by atoms with van der Waals surface area (Å²) in [7, 11) is 0. The Labute approximate surface area is 137 Å². The molecule has 0 bridgehead atoms. The first-order chi connectivity index (χ1) is 10.2. The molecule has 0 radical (unpaired) electrons. The van der Waals surface area contributed by atoms with Crippen molar-refractivity contribution in [1.82, 2.24) is 14.8 Å². The minimum Gasteiger partial charge on any atom is -0.267 e. The molecule has 2 heterocycles. The summed E-state index contributed by atoms with van der Waals surface area (Å²) in [6.07, 6.45) is 1.85. The predicted octanol–water partition coefficient (Wildman–Crippen LogP) is 4.76. The summed E-state index contributed by atoms with van der Waals surface area (Å²) in [6, 6.07) is 8.32. The number of thiazole rings is 1. The smallest absolute Gasteiger partial charge is 0.123 e. The monoisotopic (exact) mass is 337 g/mol. The minimum atomic E-state index is 0.452. The van der Waals surface area contributed by atoms with Gasteiger partial charge < -0.3 is 0 Å². The highest BCUT2D eigenvalue weighted by Gasteiger charge is 2.06. The molecular weight excluding hydrogens is 325 g/mol. The van der Waals surface area contributed by atoms with Crippen LogP contribution >= 0.6 is 34.5 Å². The van der Waals surface area contributed by atoms with Gasteiger partial charge in [-0.2, -0.15) is 5.10 Å². The molecule has 0 saturated carbocycles. The first-order valence-electron chi connectivity index (χ1n) is 6.45. The Balaban J connectivity index is 1.77. The SMILES string of the molecule is Cc1nn(Cc2ccc(-c3nc(CCl)cs3)cc2)cc1Cl. The van der Waals surface area contributed by atoms with E-state index in [9.17, 15) is 0 Å². The van der Waals surface area contributed by atoms with E-state index >= 15 is 0 Å². The van der Waals surface area contributed by atoms with Gasteiger partial charge in [0.05, 0.1) is 28.8 Å². The minimum absolute atomic E-state index is 0.452. The van der Waals surface area contributed by atoms with Crippen LogP contribution < -0.4 is 0 Å². The van der Waals surface area contributed by atoms with Crippen molar-refractivity contribution in [3.8, 4) is 10.6 Å². The van der Waals surface area contributed by atoms with Gasteiger partial charge >= 0.3 is 0 Å². The predicted molar refractivity (Wildman–Crippen MR) is 88.2 cm³/mol. The fourth-order valence-electron chi connectivity index (χ4n) is 2.02. The Kier molecular flexibility index (Phi) is 4.29. The second kappa shape index (κ2) is 6.18. The van der Waals surface area contributed by atoms with Crippen molar-refractivity contribution in [2.75, 3.05) is 0 Å². The number of hydrogen-bond acceptors (Lipinski definition) is 3. The van der Waals surface area contributed by atoms with E-state index in [4.69, 9.17) is 23.2 Å². The Bertz CT molecular complexity index is 727. The normalized spacial score (nSPS) is 11.0. The van der Waals surface area contributed by atoms with Crippen LogP contribution in [0.4, 0.5) is 0 Å². The second-order valence-electron chi connectivity index (χ2n) is 4.73. The molecule has 2 aromatic heterocycles. The molecule has 0 amide bonds. The fraction of sp³-hybridized carbons (Fsp3) is 0.200. The van der Waals surface area contributed by atoms with E-state index < -0.39 is 0 Å². The molecule has 3 aromatic rings. The van der Waals surface area contributed by atoms with E-state index in [1.165, 1.54) is 5.56 Å². The second-order valence-corrected chi connectivity index (χ2v) is 6.27. The molecule has 0 atom stereocenters. The number of rotatable bonds is 4. The highest BCUT2D eigenvalue weighted by Crippen LogP contribution is 2.25. The van der Waals surface area contributed by atoms with Crippen LogP contribution in [0, 0.1) is 6.92 Å². The van der Waals surface area contributed by atoms with Crippen LogP contribution in [0.25, 0.3) is 10.6 Å². The molecule has 108 valence electrons. The zero-order chi connectivity index (χ0) is 14.8. The van der Waals surface area contributed by atoms with Crippen molar-refractivity contribution in [1.29, 1.82) is 0 Å². The van der Waals surface area contributed by atoms with E-state index in [1.807, 2.05) is 23.2 Å². The summed E-state index contributed by atoms with van der Waals surface area (Å²) >= 11 is 13.4. The molecule has 1 aromatic carbocycles. The van der Waals surface area contributed by atoms with Gasteiger partial charge in [-0.1, -0.05) is 35.9 Å². The molecule has 0 spiro atoms. The van der Waals surface area contributed by atoms with Crippen LogP contribution in [0.15, 0.2) is 35.8 Å². The van der Waals surface area contributed by atoms with E-state index in [-0.39, 0.29) is 0 Å². The fourth-order valence-corrected chi connectivity index (χ4v) is 3.22. The Morgan fingerprint density at radius 1 is 1.24 bits per heavy atom. The van der Waals surface area contributed by atoms with Gasteiger partial charge in [0, 0.05) is 17.1 Å². The van der Waals surface area contributed by atoms with Gasteiger partial charge in [-0.25, -0.2) is 4.98 Å². The Hall–Kier alpha value is -1.36. The maximum Gasteiger partial charge on any atom is 0.123 e. The summed E-state index contributed by atoms with van der Waals surface area (Å²) in [6.45, 7) is 2.61. The molecule has 0 aliphatic rings. The lowest BCUT2D eigenvalue weighted by Crippen LogP contribution is -2.00. The molecule has 21 heavy (non-hydrogen) atoms. The van der Waals surface area contributed by atoms with Gasteiger partial charge in [0.1, 0.15) is 5.01 Å². The van der Waals surface area contributed by atoms with Crippen LogP contribution in [0.2, 0.25) is 5.02 Å². The third-order valence-electron chi connectivity index (χ3n) is 3.12. The van der Waals surface area contributed by atoms with Crippen LogP contribution in [0.1, 0.15) is 17.0 Å². The average molecular weight is 338 g/mol. The lowest BCUT2D eigenvalue weighted by atomic mass is 10.1. The Morgan fingerprint density at radius 3 is 2.57 bits per heavy atom. The van der Waals surface area contributed by atoms with Gasteiger partial charge in [-0.3, -0.25) is 4.68 Å². The van der Waals surface area contributed by atoms with Crippen molar-refractivity contribution in [3.63, 3.8) is 0 Å². The number of halogens is 2. The quantitative estimate of drug-likeness (QED) is 0.643. The summed E-state index contributed by atoms with van der Waals surface area (Å²) in [5.74, 6) is 0.452. The standard InChI is InChI=1S/C15H13Cl2N3S/c1-10-14(17)8-20(19-10)7-11-2-4-12(5-3-11)15-18-13(6-16)9-21-15/h2-5,8-9H,6-7H2,1H3. The van der Waals surface area contributed by atoms with E-state index in [0.29, 0.717) is 17.4 Å². The molecule has 0 aliphatic heterocycles. The van der Waals surface area contributed by atoms with Gasteiger partial charge in [0.15, 0.2) is 0 Å². The zero-order valence-electron chi connectivity index (χ0n) is 11.4. The van der Waals surface area contributed by atoms with Gasteiger partial charge in [0.25, 0.3) is 0 Å². The highest BCUT2D eigenvalue weighted by molar-refractivity contribution is 7.13. The van der Waals surface area contributed by atoms with Gasteiger partial charge in [-0.15, -0.1) is 22.9 Å². The number of hydrogen-bond donors (Lipinski definition) is 0. The largest absolute Gasteiger partial charge is 0.267 e. The van der Waals surface area contributed by atoms with E-state index in [2.05, 4.69) is 34.3 Å². The number of aryl methyl sites for hydroxylation is 1. The van der Waals surface area contributed by atoms with Crippen molar-refractivity contribution in [3.05, 3.63) is 57.8 Å². The van der Waals surface area contributed by atoms with Crippen molar-refractivity contribution in [2.45, 2.75) is 19.3 Å². The van der Waals surface area contributed by atoms with Crippen molar-refractivity contribution < 1.29 is 0 Å². The molecule has 0 unspecified atom stereocenters. The van der Waals surface area contributed by atoms with E-state index in [0.717, 1.165) is 22.0 Å². The molecule has 0 saturated heterocycles. The van der Waals surface area contributed by atoms with E-state index in [1.54, 1.807) is 11.3 Å². The molecule has 3 rings (SSSR count). The third kappa shape index (κ3) is 3.28. The van der Waals surface area contributed by atoms with Crippen LogP contribution in [0.5, 0.6) is 0 Å². The lowest BCUT2D eigenvalue weighted by Gasteiger charge is -2.03. The van der Waals surface area contributed by atoms with Crippen LogP contribution in [0.3, 0.4) is 0 Å². The summed E-state index contributed by atoms with van der Waals surface area (Å²) in [5, 5.41) is 8.04. The summed E-state index contributed by atoms with van der Waals surface area (Å²) in [5.41, 5.74) is 4.05. The summed E-state index contributed by atoms with van der Waals surface area (Å²) in [4.78, 5) is 4.48. The molecule has 3 nitrogen and oxygen atoms in total. The van der Waals surface area contributed by atoms with Crippen molar-refractivity contribution >= 4 is 34.5 Å². The lowest BCUT2D eigenvalue weighted by molar-refractivity contribution is 0.679. The van der Waals surface area contributed by atoms with Crippen molar-refractivity contribution in [2.24, 2.45) is 0 Å². The number of alkyl halides is 1. The first kappa shape index (κ1) is 14.6. The summed E-state index contributed by atoms with van der Waals surface area (Å²) < 4.78 is 1.85. The molecule has 0 aliphatic carbocycles. The maximum atomic E-state index is 6.02. The topological polar surface area (TPSA) is 30.7 Å². The average Bonchev–Trinajstić information content (AvgIpc) is 3.07. The molecular formula is C15H13Cl2N3S. The van der Waals surface area contributed by atoms with Crippen LogP contribution in [-0.2, 0) is 12.4 Å². The maximum absolute atomic E-state index is 6.02. The Morgan fingerprint density at radius 2 is 2.00 bits per heavy atom. The van der Waals surface area contributed by atoms with Gasteiger partial charge in [-0.05, 0) is 12.5 Å². The number of benzene rings is 1. The molecule has 0 fully saturated rings. The molecule has 6 heteroatoms. The number of nitrogens with zero attached hydrogens (tertiary/aromatic N) is 3. The third-order valence-corrected chi connectivity index (χ3v) is 4.71. The first-order valence-corrected chi connectivity index (χ1v) is 8.24. The van der Waals surface area contributed by atoms with Gasteiger partial charge in [0.2, 0.25) is 0 Å². The number of aromatic nitrogens is 3. The zero-order valence-corrected chi connectivity index (χ0v) is 13.7. The highest BCUT2D eigenvalue weighted by atomic mass is 35.5.